The highest BCUT2D eigenvalue weighted by Crippen LogP contribution is 2.20. The van der Waals surface area contributed by atoms with Crippen molar-refractivity contribution in [3.8, 4) is 0 Å². The SMILES string of the molecule is CC(C)(C)NCC1CCN(CC2CCOC2)C1. The summed E-state index contributed by atoms with van der Waals surface area (Å²) < 4.78 is 5.45. The zero-order valence-corrected chi connectivity index (χ0v) is 11.7. The van der Waals surface area contributed by atoms with Crippen LogP contribution in [0.1, 0.15) is 33.6 Å². The molecule has 0 saturated carbocycles. The lowest BCUT2D eigenvalue weighted by molar-refractivity contribution is 0.172. The highest BCUT2D eigenvalue weighted by molar-refractivity contribution is 4.82. The molecule has 0 amide bonds. The molecule has 2 aliphatic rings. The molecule has 2 rings (SSSR count). The number of likely N-dealkylation sites (tertiary alicyclic amines) is 1. The first-order valence-corrected chi connectivity index (χ1v) is 7.08. The lowest BCUT2D eigenvalue weighted by Gasteiger charge is -2.24. The van der Waals surface area contributed by atoms with E-state index in [0.717, 1.165) is 25.0 Å². The van der Waals surface area contributed by atoms with E-state index in [4.69, 9.17) is 4.74 Å². The molecule has 2 fully saturated rings. The summed E-state index contributed by atoms with van der Waals surface area (Å²) in [4.78, 5) is 2.63. The standard InChI is InChI=1S/C14H28N2O/c1-14(2,3)15-8-12-4-6-16(9-12)10-13-5-7-17-11-13/h12-13,15H,4-11H2,1-3H3. The largest absolute Gasteiger partial charge is 0.381 e. The molecule has 2 atom stereocenters. The fourth-order valence-electron chi connectivity index (χ4n) is 2.79. The summed E-state index contributed by atoms with van der Waals surface area (Å²) in [6, 6.07) is 0. The average Bonchev–Trinajstić information content (AvgIpc) is 2.86. The quantitative estimate of drug-likeness (QED) is 0.810. The van der Waals surface area contributed by atoms with Gasteiger partial charge in [0.2, 0.25) is 0 Å². The van der Waals surface area contributed by atoms with Crippen molar-refractivity contribution in [2.24, 2.45) is 11.8 Å². The van der Waals surface area contributed by atoms with Gasteiger partial charge in [-0.1, -0.05) is 0 Å². The van der Waals surface area contributed by atoms with Gasteiger partial charge in [0, 0.05) is 25.2 Å². The molecule has 17 heavy (non-hydrogen) atoms. The predicted molar refractivity (Wildman–Crippen MR) is 71.2 cm³/mol. The van der Waals surface area contributed by atoms with Crippen molar-refractivity contribution in [1.82, 2.24) is 10.2 Å². The molecule has 3 heteroatoms. The summed E-state index contributed by atoms with van der Waals surface area (Å²) in [7, 11) is 0. The second kappa shape index (κ2) is 5.68. The smallest absolute Gasteiger partial charge is 0.0507 e. The lowest BCUT2D eigenvalue weighted by Crippen LogP contribution is -2.40. The zero-order valence-electron chi connectivity index (χ0n) is 11.7. The Labute approximate surface area is 106 Å². The summed E-state index contributed by atoms with van der Waals surface area (Å²) in [6.07, 6.45) is 2.62. The van der Waals surface area contributed by atoms with Gasteiger partial charge in [0.1, 0.15) is 0 Å². The molecule has 0 bridgehead atoms. The number of rotatable bonds is 4. The molecule has 0 aliphatic carbocycles. The molecular formula is C14H28N2O. The maximum Gasteiger partial charge on any atom is 0.0507 e. The summed E-state index contributed by atoms with van der Waals surface area (Å²) >= 11 is 0. The Bertz CT molecular complexity index is 231. The number of hydrogen-bond acceptors (Lipinski definition) is 3. The molecule has 2 saturated heterocycles. The number of nitrogens with one attached hydrogen (secondary N) is 1. The Morgan fingerprint density at radius 2 is 2.06 bits per heavy atom. The summed E-state index contributed by atoms with van der Waals surface area (Å²) in [5.74, 6) is 1.64. The van der Waals surface area contributed by atoms with E-state index in [1.807, 2.05) is 0 Å². The molecular weight excluding hydrogens is 212 g/mol. The molecule has 2 unspecified atom stereocenters. The summed E-state index contributed by atoms with van der Waals surface area (Å²) in [5, 5.41) is 3.63. The summed E-state index contributed by atoms with van der Waals surface area (Å²) in [5.41, 5.74) is 0.257. The van der Waals surface area contributed by atoms with E-state index in [-0.39, 0.29) is 5.54 Å². The van der Waals surface area contributed by atoms with Crippen molar-refractivity contribution >= 4 is 0 Å². The van der Waals surface area contributed by atoms with Gasteiger partial charge in [-0.3, -0.25) is 0 Å². The monoisotopic (exact) mass is 240 g/mol. The van der Waals surface area contributed by atoms with E-state index in [2.05, 4.69) is 31.0 Å². The van der Waals surface area contributed by atoms with Crippen LogP contribution in [0.15, 0.2) is 0 Å². The average molecular weight is 240 g/mol. The Morgan fingerprint density at radius 1 is 1.24 bits per heavy atom. The maximum absolute atomic E-state index is 5.45. The van der Waals surface area contributed by atoms with Crippen LogP contribution in [0.4, 0.5) is 0 Å². The molecule has 0 aromatic carbocycles. The molecule has 0 radical (unpaired) electrons. The van der Waals surface area contributed by atoms with Crippen LogP contribution in [0.25, 0.3) is 0 Å². The molecule has 0 spiro atoms. The molecule has 2 aliphatic heterocycles. The van der Waals surface area contributed by atoms with Crippen molar-refractivity contribution in [1.29, 1.82) is 0 Å². The van der Waals surface area contributed by atoms with E-state index in [1.165, 1.54) is 39.0 Å². The van der Waals surface area contributed by atoms with Gasteiger partial charge in [-0.05, 0) is 58.5 Å². The predicted octanol–water partition coefficient (Wildman–Crippen LogP) is 1.73. The van der Waals surface area contributed by atoms with Crippen LogP contribution < -0.4 is 5.32 Å². The fourth-order valence-corrected chi connectivity index (χ4v) is 2.79. The first kappa shape index (κ1) is 13.3. The van der Waals surface area contributed by atoms with Crippen LogP contribution in [0.2, 0.25) is 0 Å². The number of nitrogens with zero attached hydrogens (tertiary/aromatic N) is 1. The third kappa shape index (κ3) is 4.57. The zero-order chi connectivity index (χ0) is 12.3. The second-order valence-corrected chi connectivity index (χ2v) is 6.77. The van der Waals surface area contributed by atoms with Gasteiger partial charge in [-0.15, -0.1) is 0 Å². The Hall–Kier alpha value is -0.120. The van der Waals surface area contributed by atoms with Crippen LogP contribution in [-0.4, -0.2) is 49.8 Å². The van der Waals surface area contributed by atoms with E-state index in [0.29, 0.717) is 0 Å². The highest BCUT2D eigenvalue weighted by atomic mass is 16.5. The van der Waals surface area contributed by atoms with Gasteiger partial charge in [0.25, 0.3) is 0 Å². The highest BCUT2D eigenvalue weighted by Gasteiger charge is 2.26. The van der Waals surface area contributed by atoms with Gasteiger partial charge < -0.3 is 15.0 Å². The minimum atomic E-state index is 0.257. The van der Waals surface area contributed by atoms with E-state index in [9.17, 15) is 0 Å². The normalized spacial score (nSPS) is 31.2. The van der Waals surface area contributed by atoms with Crippen LogP contribution in [0.3, 0.4) is 0 Å². The molecule has 1 N–H and O–H groups in total. The molecule has 2 heterocycles. The summed E-state index contributed by atoms with van der Waals surface area (Å²) in [6.45, 7) is 13.7. The van der Waals surface area contributed by atoms with Gasteiger partial charge >= 0.3 is 0 Å². The van der Waals surface area contributed by atoms with Crippen molar-refractivity contribution in [3.63, 3.8) is 0 Å². The first-order chi connectivity index (χ1) is 8.03. The third-order valence-corrected chi connectivity index (χ3v) is 3.83. The number of ether oxygens (including phenoxy) is 1. The van der Waals surface area contributed by atoms with Crippen LogP contribution >= 0.6 is 0 Å². The van der Waals surface area contributed by atoms with E-state index < -0.39 is 0 Å². The van der Waals surface area contributed by atoms with Crippen molar-refractivity contribution in [3.05, 3.63) is 0 Å². The Balaban J connectivity index is 1.64. The Kier molecular flexibility index (Phi) is 4.45. The van der Waals surface area contributed by atoms with Crippen LogP contribution in [0.5, 0.6) is 0 Å². The first-order valence-electron chi connectivity index (χ1n) is 7.08. The molecule has 0 aromatic heterocycles. The topological polar surface area (TPSA) is 24.5 Å². The Morgan fingerprint density at radius 3 is 2.71 bits per heavy atom. The van der Waals surface area contributed by atoms with Crippen molar-refractivity contribution < 1.29 is 4.74 Å². The lowest BCUT2D eigenvalue weighted by atomic mass is 10.1. The minimum Gasteiger partial charge on any atom is -0.381 e. The number of hydrogen-bond donors (Lipinski definition) is 1. The molecule has 100 valence electrons. The molecule has 3 nitrogen and oxygen atoms in total. The second-order valence-electron chi connectivity index (χ2n) is 6.77. The third-order valence-electron chi connectivity index (χ3n) is 3.83. The van der Waals surface area contributed by atoms with E-state index >= 15 is 0 Å². The van der Waals surface area contributed by atoms with Gasteiger partial charge in [0.05, 0.1) is 6.61 Å². The maximum atomic E-state index is 5.45. The van der Waals surface area contributed by atoms with Crippen molar-refractivity contribution in [2.45, 2.75) is 39.2 Å². The minimum absolute atomic E-state index is 0.257. The van der Waals surface area contributed by atoms with Gasteiger partial charge in [-0.2, -0.15) is 0 Å². The molecule has 0 aromatic rings. The van der Waals surface area contributed by atoms with E-state index in [1.54, 1.807) is 0 Å². The van der Waals surface area contributed by atoms with Crippen LogP contribution in [0, 0.1) is 11.8 Å². The van der Waals surface area contributed by atoms with Crippen molar-refractivity contribution in [2.75, 3.05) is 39.4 Å². The fraction of sp³-hybridized carbons (Fsp3) is 1.00. The van der Waals surface area contributed by atoms with Gasteiger partial charge in [-0.25, -0.2) is 0 Å². The van der Waals surface area contributed by atoms with Crippen LogP contribution in [-0.2, 0) is 4.74 Å². The van der Waals surface area contributed by atoms with Gasteiger partial charge in [0.15, 0.2) is 0 Å².